The lowest BCUT2D eigenvalue weighted by molar-refractivity contribution is 0.839. The Labute approximate surface area is 140 Å². The maximum absolute atomic E-state index is 4.07. The maximum Gasteiger partial charge on any atom is 0.219 e. The second kappa shape index (κ2) is 13.4. The van der Waals surface area contributed by atoms with E-state index in [0.29, 0.717) is 11.6 Å². The van der Waals surface area contributed by atoms with E-state index in [4.69, 9.17) is 0 Å². The largest absolute Gasteiger partial charge is 0.359 e. The number of nitrogens with one attached hydrogen (secondary N) is 1. The van der Waals surface area contributed by atoms with E-state index in [1.807, 2.05) is 51.3 Å². The molecule has 23 heavy (non-hydrogen) atoms. The van der Waals surface area contributed by atoms with Crippen molar-refractivity contribution in [1.82, 2.24) is 25.4 Å². The maximum atomic E-state index is 4.07. The van der Waals surface area contributed by atoms with Gasteiger partial charge in [-0.1, -0.05) is 59.3 Å². The van der Waals surface area contributed by atoms with Crippen molar-refractivity contribution in [3.8, 4) is 11.5 Å². The Morgan fingerprint density at radius 2 is 1.70 bits per heavy atom. The SMILES string of the molecule is CC.CC/C=C\C=C(/C)c1nnc(-c2ccc[nH]2)nn1.CCC. The Balaban J connectivity index is 0.000000868. The Morgan fingerprint density at radius 1 is 1.09 bits per heavy atom. The van der Waals surface area contributed by atoms with Gasteiger partial charge in [0.1, 0.15) is 0 Å². The zero-order valence-corrected chi connectivity index (χ0v) is 15.2. The van der Waals surface area contributed by atoms with Gasteiger partial charge in [-0.2, -0.15) is 0 Å². The smallest absolute Gasteiger partial charge is 0.219 e. The van der Waals surface area contributed by atoms with Crippen molar-refractivity contribution in [2.75, 3.05) is 0 Å². The number of hydrogen-bond acceptors (Lipinski definition) is 4. The zero-order chi connectivity index (χ0) is 17.5. The normalized spacial score (nSPS) is 10.6. The first-order valence-corrected chi connectivity index (χ1v) is 8.27. The summed E-state index contributed by atoms with van der Waals surface area (Å²) in [6.45, 7) is 12.3. The number of H-pyrrole nitrogens is 1. The first-order valence-electron chi connectivity index (χ1n) is 8.27. The van der Waals surface area contributed by atoms with Crippen LogP contribution in [0.15, 0.2) is 36.6 Å². The molecular weight excluding hydrogens is 286 g/mol. The van der Waals surface area contributed by atoms with Gasteiger partial charge in [0.05, 0.1) is 5.69 Å². The third-order valence-electron chi connectivity index (χ3n) is 2.39. The first kappa shape index (κ1) is 20.7. The predicted octanol–water partition coefficient (Wildman–Crippen LogP) is 5.07. The van der Waals surface area contributed by atoms with Crippen LogP contribution in [0.4, 0.5) is 0 Å². The van der Waals surface area contributed by atoms with Gasteiger partial charge in [-0.25, -0.2) is 0 Å². The molecule has 0 saturated carbocycles. The van der Waals surface area contributed by atoms with Crippen LogP contribution in [-0.4, -0.2) is 25.4 Å². The lowest BCUT2D eigenvalue weighted by Gasteiger charge is -1.98. The van der Waals surface area contributed by atoms with Gasteiger partial charge in [-0.05, 0) is 31.1 Å². The fourth-order valence-corrected chi connectivity index (χ4v) is 1.39. The van der Waals surface area contributed by atoms with Gasteiger partial charge in [0.25, 0.3) is 0 Å². The van der Waals surface area contributed by atoms with Crippen molar-refractivity contribution >= 4 is 5.57 Å². The lowest BCUT2D eigenvalue weighted by Crippen LogP contribution is -2.01. The summed E-state index contributed by atoms with van der Waals surface area (Å²) in [6.07, 6.45) is 10.1. The molecule has 0 aromatic carbocycles. The van der Waals surface area contributed by atoms with Crippen molar-refractivity contribution in [2.24, 2.45) is 0 Å². The van der Waals surface area contributed by atoms with E-state index in [1.165, 1.54) is 6.42 Å². The van der Waals surface area contributed by atoms with Crippen LogP contribution in [0.25, 0.3) is 17.1 Å². The van der Waals surface area contributed by atoms with Crippen LogP contribution in [0.5, 0.6) is 0 Å². The Kier molecular flexibility index (Phi) is 12.0. The fourth-order valence-electron chi connectivity index (χ4n) is 1.39. The number of rotatable bonds is 4. The van der Waals surface area contributed by atoms with Crippen LogP contribution in [0.3, 0.4) is 0 Å². The van der Waals surface area contributed by atoms with Crippen molar-refractivity contribution in [2.45, 2.75) is 54.4 Å². The summed E-state index contributed by atoms with van der Waals surface area (Å²) in [4.78, 5) is 3.01. The molecule has 0 atom stereocenters. The van der Waals surface area contributed by atoms with Gasteiger partial charge >= 0.3 is 0 Å². The van der Waals surface area contributed by atoms with E-state index in [1.54, 1.807) is 0 Å². The molecule has 5 nitrogen and oxygen atoms in total. The van der Waals surface area contributed by atoms with Crippen molar-refractivity contribution in [3.63, 3.8) is 0 Å². The topological polar surface area (TPSA) is 67.3 Å². The van der Waals surface area contributed by atoms with Gasteiger partial charge in [0, 0.05) is 6.20 Å². The average molecular weight is 315 g/mol. The first-order chi connectivity index (χ1) is 11.2. The molecule has 0 radical (unpaired) electrons. The summed E-state index contributed by atoms with van der Waals surface area (Å²) in [7, 11) is 0. The second-order valence-electron chi connectivity index (χ2n) is 4.52. The van der Waals surface area contributed by atoms with Gasteiger partial charge in [-0.15, -0.1) is 20.4 Å². The lowest BCUT2D eigenvalue weighted by atomic mass is 10.2. The van der Waals surface area contributed by atoms with Crippen LogP contribution in [0, 0.1) is 0 Å². The summed E-state index contributed by atoms with van der Waals surface area (Å²) < 4.78 is 0. The minimum Gasteiger partial charge on any atom is -0.359 e. The Morgan fingerprint density at radius 3 is 2.17 bits per heavy atom. The van der Waals surface area contributed by atoms with E-state index in [-0.39, 0.29) is 0 Å². The number of nitrogens with zero attached hydrogens (tertiary/aromatic N) is 4. The number of aromatic amines is 1. The molecule has 0 saturated heterocycles. The van der Waals surface area contributed by atoms with Crippen LogP contribution in [-0.2, 0) is 0 Å². The van der Waals surface area contributed by atoms with E-state index in [2.05, 4.69) is 52.2 Å². The third kappa shape index (κ3) is 8.04. The van der Waals surface area contributed by atoms with Gasteiger partial charge in [0.2, 0.25) is 5.82 Å². The third-order valence-corrected chi connectivity index (χ3v) is 2.39. The average Bonchev–Trinajstić information content (AvgIpc) is 3.12. The Bertz CT molecular complexity index is 554. The molecule has 0 amide bonds. The molecule has 126 valence electrons. The highest BCUT2D eigenvalue weighted by atomic mass is 15.3. The molecule has 0 fully saturated rings. The molecule has 0 aliphatic rings. The number of aromatic nitrogens is 5. The summed E-state index contributed by atoms with van der Waals surface area (Å²) >= 11 is 0. The van der Waals surface area contributed by atoms with Crippen LogP contribution in [0.2, 0.25) is 0 Å². The minimum atomic E-state index is 0.501. The van der Waals surface area contributed by atoms with Gasteiger partial charge in [0.15, 0.2) is 5.82 Å². The van der Waals surface area contributed by atoms with Gasteiger partial charge in [-0.3, -0.25) is 0 Å². The molecule has 0 aliphatic heterocycles. The molecule has 2 aromatic rings. The highest BCUT2D eigenvalue weighted by molar-refractivity contribution is 5.59. The van der Waals surface area contributed by atoms with E-state index >= 15 is 0 Å². The summed E-state index contributed by atoms with van der Waals surface area (Å²) in [5, 5.41) is 16.2. The zero-order valence-electron chi connectivity index (χ0n) is 15.2. The fraction of sp³-hybridized carbons (Fsp3) is 0.444. The molecule has 0 bridgehead atoms. The molecular formula is C18H29N5. The molecule has 2 heterocycles. The van der Waals surface area contributed by atoms with Crippen molar-refractivity contribution in [1.29, 1.82) is 0 Å². The summed E-state index contributed by atoms with van der Waals surface area (Å²) in [6, 6.07) is 3.76. The molecule has 0 spiro atoms. The minimum absolute atomic E-state index is 0.501. The molecule has 1 N–H and O–H groups in total. The molecule has 0 unspecified atom stereocenters. The number of allylic oxidation sites excluding steroid dienone is 4. The molecule has 2 aromatic heterocycles. The van der Waals surface area contributed by atoms with E-state index < -0.39 is 0 Å². The highest BCUT2D eigenvalue weighted by Crippen LogP contribution is 2.11. The molecule has 2 rings (SSSR count). The van der Waals surface area contributed by atoms with Crippen molar-refractivity contribution in [3.05, 3.63) is 42.4 Å². The summed E-state index contributed by atoms with van der Waals surface area (Å²) in [5.74, 6) is 1.05. The standard InChI is InChI=1S/C13H15N5.C3H8.C2H6/c1-3-4-5-7-10(2)12-15-17-13(18-16-12)11-8-6-9-14-11;1-3-2;1-2/h4-9,14H,3H2,1-2H3;3H2,1-2H3;1-2H3/b5-4-,10-7+;;. The van der Waals surface area contributed by atoms with Crippen LogP contribution in [0.1, 0.15) is 60.2 Å². The number of hydrogen-bond donors (Lipinski definition) is 1. The summed E-state index contributed by atoms with van der Waals surface area (Å²) in [5.41, 5.74) is 1.76. The van der Waals surface area contributed by atoms with Crippen LogP contribution >= 0.6 is 0 Å². The molecule has 0 aliphatic carbocycles. The second-order valence-corrected chi connectivity index (χ2v) is 4.52. The van der Waals surface area contributed by atoms with E-state index in [0.717, 1.165) is 17.7 Å². The van der Waals surface area contributed by atoms with E-state index in [9.17, 15) is 0 Å². The predicted molar refractivity (Wildman–Crippen MR) is 97.8 cm³/mol. The molecule has 5 heteroatoms. The highest BCUT2D eigenvalue weighted by Gasteiger charge is 2.05. The monoisotopic (exact) mass is 315 g/mol. The van der Waals surface area contributed by atoms with Crippen molar-refractivity contribution < 1.29 is 0 Å². The quantitative estimate of drug-likeness (QED) is 0.799. The Hall–Kier alpha value is -2.30. The van der Waals surface area contributed by atoms with Crippen LogP contribution < -0.4 is 0 Å². The van der Waals surface area contributed by atoms with Gasteiger partial charge < -0.3 is 4.98 Å².